The van der Waals surface area contributed by atoms with E-state index in [1.165, 1.54) is 4.90 Å². The van der Waals surface area contributed by atoms with Crippen molar-refractivity contribution in [2.45, 2.75) is 6.10 Å². The highest BCUT2D eigenvalue weighted by Gasteiger charge is 2.32. The fourth-order valence-corrected chi connectivity index (χ4v) is 1.90. The lowest BCUT2D eigenvalue weighted by atomic mass is 10.3. The average Bonchev–Trinajstić information content (AvgIpc) is 2.60. The van der Waals surface area contributed by atoms with Crippen LogP contribution in [0.15, 0.2) is 28.7 Å². The van der Waals surface area contributed by atoms with Crippen LogP contribution in [0.5, 0.6) is 0 Å². The molecule has 1 fully saturated rings. The smallest absolute Gasteiger partial charge is 0.415 e. The Labute approximate surface area is 95.2 Å². The first-order chi connectivity index (χ1) is 7.22. The predicted octanol–water partition coefficient (Wildman–Crippen LogP) is 2.30. The Balaban J connectivity index is 2.30. The van der Waals surface area contributed by atoms with Crippen LogP contribution in [-0.2, 0) is 4.74 Å². The summed E-state index contributed by atoms with van der Waals surface area (Å²) in [4.78, 5) is 12.9. The number of hydrogen-bond acceptors (Lipinski definition) is 3. The van der Waals surface area contributed by atoms with Gasteiger partial charge in [0.2, 0.25) is 6.10 Å². The Morgan fingerprint density at radius 3 is 2.87 bits per heavy atom. The van der Waals surface area contributed by atoms with E-state index in [1.807, 2.05) is 24.3 Å². The Hall–Kier alpha value is -1.54. The van der Waals surface area contributed by atoms with Crippen molar-refractivity contribution in [2.24, 2.45) is 0 Å². The van der Waals surface area contributed by atoms with Crippen LogP contribution < -0.4 is 4.90 Å². The van der Waals surface area contributed by atoms with Gasteiger partial charge in [0.05, 0.1) is 12.2 Å². The number of cyclic esters (lactones) is 1. The van der Waals surface area contributed by atoms with E-state index in [0.29, 0.717) is 0 Å². The second kappa shape index (κ2) is 3.91. The number of nitrogens with zero attached hydrogens (tertiary/aromatic N) is 2. The van der Waals surface area contributed by atoms with Gasteiger partial charge in [-0.2, -0.15) is 5.26 Å². The first-order valence-corrected chi connectivity index (χ1v) is 5.14. The monoisotopic (exact) mass is 266 g/mol. The van der Waals surface area contributed by atoms with E-state index in [4.69, 9.17) is 10.00 Å². The molecule has 15 heavy (non-hydrogen) atoms. The molecule has 0 saturated carbocycles. The third-order valence-electron chi connectivity index (χ3n) is 2.10. The molecule has 0 N–H and O–H groups in total. The lowest BCUT2D eigenvalue weighted by Crippen LogP contribution is -2.24. The summed E-state index contributed by atoms with van der Waals surface area (Å²) in [5.41, 5.74) is 0.722. The predicted molar refractivity (Wildman–Crippen MR) is 57.4 cm³/mol. The fraction of sp³-hybridized carbons (Fsp3) is 0.200. The molecule has 1 aliphatic rings. The maximum atomic E-state index is 11.4. The highest BCUT2D eigenvalue weighted by Crippen LogP contribution is 2.29. The number of para-hydroxylation sites is 1. The van der Waals surface area contributed by atoms with Crippen molar-refractivity contribution in [2.75, 3.05) is 11.4 Å². The van der Waals surface area contributed by atoms with Crippen LogP contribution in [0.3, 0.4) is 0 Å². The largest absolute Gasteiger partial charge is 0.428 e. The van der Waals surface area contributed by atoms with Gasteiger partial charge >= 0.3 is 6.09 Å². The highest BCUT2D eigenvalue weighted by molar-refractivity contribution is 9.10. The minimum atomic E-state index is -0.676. The molecule has 4 nitrogen and oxygen atoms in total. The summed E-state index contributed by atoms with van der Waals surface area (Å²) in [5, 5.41) is 8.65. The van der Waals surface area contributed by atoms with Crippen LogP contribution in [-0.4, -0.2) is 18.7 Å². The molecule has 1 atom stereocenters. The average molecular weight is 267 g/mol. The molecule has 1 amide bonds. The van der Waals surface area contributed by atoms with Crippen LogP contribution in [0.2, 0.25) is 0 Å². The highest BCUT2D eigenvalue weighted by atomic mass is 79.9. The molecule has 1 aliphatic heterocycles. The van der Waals surface area contributed by atoms with E-state index < -0.39 is 12.2 Å². The molecule has 1 saturated heterocycles. The fourth-order valence-electron chi connectivity index (χ4n) is 1.40. The first-order valence-electron chi connectivity index (χ1n) is 4.34. The second-order valence-electron chi connectivity index (χ2n) is 3.06. The minimum absolute atomic E-state index is 0.276. The number of halogens is 1. The van der Waals surface area contributed by atoms with Gasteiger partial charge in [-0.15, -0.1) is 0 Å². The topological polar surface area (TPSA) is 53.3 Å². The van der Waals surface area contributed by atoms with Gasteiger partial charge in [-0.1, -0.05) is 12.1 Å². The molecule has 0 radical (unpaired) electrons. The Morgan fingerprint density at radius 2 is 2.27 bits per heavy atom. The Kier molecular flexibility index (Phi) is 2.60. The number of carbonyl (C=O) groups is 1. The van der Waals surface area contributed by atoms with Crippen LogP contribution in [0.25, 0.3) is 0 Å². The van der Waals surface area contributed by atoms with Crippen molar-refractivity contribution >= 4 is 27.7 Å². The SMILES string of the molecule is N#CC1CN(c2ccccc2Br)C(=O)O1. The summed E-state index contributed by atoms with van der Waals surface area (Å²) < 4.78 is 5.64. The van der Waals surface area contributed by atoms with Gasteiger partial charge in [0.25, 0.3) is 0 Å². The molecule has 0 aromatic heterocycles. The lowest BCUT2D eigenvalue weighted by molar-refractivity contribution is 0.162. The number of nitriles is 1. The summed E-state index contributed by atoms with van der Waals surface area (Å²) in [7, 11) is 0. The molecular weight excluding hydrogens is 260 g/mol. The Bertz CT molecular complexity index is 441. The maximum Gasteiger partial charge on any atom is 0.415 e. The van der Waals surface area contributed by atoms with Gasteiger partial charge in [0, 0.05) is 4.47 Å². The number of hydrogen-bond donors (Lipinski definition) is 0. The van der Waals surface area contributed by atoms with E-state index in [1.54, 1.807) is 6.07 Å². The van der Waals surface area contributed by atoms with Crippen molar-refractivity contribution in [1.29, 1.82) is 5.26 Å². The minimum Gasteiger partial charge on any atom is -0.428 e. The zero-order chi connectivity index (χ0) is 10.8. The van der Waals surface area contributed by atoms with Crippen LogP contribution in [0.1, 0.15) is 0 Å². The molecule has 2 rings (SSSR count). The maximum absolute atomic E-state index is 11.4. The van der Waals surface area contributed by atoms with E-state index >= 15 is 0 Å². The molecule has 76 valence electrons. The second-order valence-corrected chi connectivity index (χ2v) is 3.92. The first kappa shape index (κ1) is 9.99. The summed E-state index contributed by atoms with van der Waals surface area (Å²) in [6.45, 7) is 0.276. The number of anilines is 1. The Morgan fingerprint density at radius 1 is 1.53 bits per heavy atom. The number of ether oxygens (including phenoxy) is 1. The van der Waals surface area contributed by atoms with Gasteiger partial charge < -0.3 is 4.74 Å². The van der Waals surface area contributed by atoms with E-state index in [0.717, 1.165) is 10.2 Å². The standard InChI is InChI=1S/C10H7BrN2O2/c11-8-3-1-2-4-9(8)13-6-7(5-12)15-10(13)14/h1-4,7H,6H2. The van der Waals surface area contributed by atoms with Crippen molar-refractivity contribution < 1.29 is 9.53 Å². The molecule has 1 heterocycles. The molecule has 0 bridgehead atoms. The zero-order valence-electron chi connectivity index (χ0n) is 7.68. The zero-order valence-corrected chi connectivity index (χ0v) is 9.27. The van der Waals surface area contributed by atoms with E-state index in [9.17, 15) is 4.79 Å². The van der Waals surface area contributed by atoms with Crippen molar-refractivity contribution in [3.8, 4) is 6.07 Å². The third kappa shape index (κ3) is 1.81. The summed E-state index contributed by atoms with van der Waals surface area (Å²) in [6, 6.07) is 9.23. The van der Waals surface area contributed by atoms with Crippen LogP contribution >= 0.6 is 15.9 Å². The van der Waals surface area contributed by atoms with Crippen molar-refractivity contribution in [3.63, 3.8) is 0 Å². The van der Waals surface area contributed by atoms with Gasteiger partial charge in [0.1, 0.15) is 6.07 Å². The molecule has 1 aromatic rings. The number of amides is 1. The normalized spacial score (nSPS) is 19.9. The lowest BCUT2D eigenvalue weighted by Gasteiger charge is -2.13. The number of rotatable bonds is 1. The van der Waals surface area contributed by atoms with Crippen molar-refractivity contribution in [3.05, 3.63) is 28.7 Å². The molecule has 1 unspecified atom stereocenters. The van der Waals surface area contributed by atoms with E-state index in [-0.39, 0.29) is 6.54 Å². The van der Waals surface area contributed by atoms with Gasteiger partial charge in [-0.3, -0.25) is 4.90 Å². The summed E-state index contributed by atoms with van der Waals surface area (Å²) in [5.74, 6) is 0. The van der Waals surface area contributed by atoms with Gasteiger partial charge in [0.15, 0.2) is 0 Å². The van der Waals surface area contributed by atoms with Gasteiger partial charge in [-0.05, 0) is 28.1 Å². The summed E-state index contributed by atoms with van der Waals surface area (Å²) >= 11 is 3.34. The van der Waals surface area contributed by atoms with Crippen LogP contribution in [0.4, 0.5) is 10.5 Å². The molecule has 0 spiro atoms. The van der Waals surface area contributed by atoms with Gasteiger partial charge in [-0.25, -0.2) is 4.79 Å². The number of benzene rings is 1. The van der Waals surface area contributed by atoms with Crippen molar-refractivity contribution in [1.82, 2.24) is 0 Å². The molecular formula is C10H7BrN2O2. The molecule has 5 heteroatoms. The summed E-state index contributed by atoms with van der Waals surface area (Å²) in [6.07, 6.45) is -1.15. The molecule has 1 aromatic carbocycles. The van der Waals surface area contributed by atoms with Crippen LogP contribution in [0, 0.1) is 11.3 Å². The van der Waals surface area contributed by atoms with E-state index in [2.05, 4.69) is 15.9 Å². The third-order valence-corrected chi connectivity index (χ3v) is 2.77. The molecule has 0 aliphatic carbocycles. The number of carbonyl (C=O) groups excluding carboxylic acids is 1. The quantitative estimate of drug-likeness (QED) is 0.784.